The number of nitrogens with one attached hydrogen (secondary N) is 1. The number of thioether (sulfide) groups is 1. The molecule has 3 aromatic rings. The predicted molar refractivity (Wildman–Crippen MR) is 122 cm³/mol. The molecule has 0 bridgehead atoms. The van der Waals surface area contributed by atoms with E-state index in [0.29, 0.717) is 28.4 Å². The van der Waals surface area contributed by atoms with Crippen molar-refractivity contribution in [3.05, 3.63) is 82.9 Å². The van der Waals surface area contributed by atoms with E-state index in [1.54, 1.807) is 33.1 Å². The van der Waals surface area contributed by atoms with Gasteiger partial charge >= 0.3 is 0 Å². The Balaban J connectivity index is 1.77. The van der Waals surface area contributed by atoms with Crippen molar-refractivity contribution in [3.63, 3.8) is 0 Å². The lowest BCUT2D eigenvalue weighted by Crippen LogP contribution is -2.09. The first-order valence-electron chi connectivity index (χ1n) is 9.87. The smallest absolute Gasteiger partial charge is 0.203 e. The number of para-hydroxylation sites is 1. The molecule has 3 aromatic carbocycles. The summed E-state index contributed by atoms with van der Waals surface area (Å²) >= 11 is 1.63. The lowest BCUT2D eigenvalue weighted by Gasteiger charge is -2.22. The number of methoxy groups -OCH3 is 3. The number of ether oxygens (including phenoxy) is 3. The molecule has 1 aliphatic carbocycles. The Hall–Kier alpha value is -3.38. The number of rotatable bonds is 4. The molecule has 1 heterocycles. The van der Waals surface area contributed by atoms with Gasteiger partial charge in [0.2, 0.25) is 5.75 Å². The zero-order chi connectivity index (χ0) is 21.5. The van der Waals surface area contributed by atoms with Crippen LogP contribution in [0.25, 0.3) is 5.70 Å². The van der Waals surface area contributed by atoms with Gasteiger partial charge in [-0.25, -0.2) is 0 Å². The molecule has 5 rings (SSSR count). The second-order valence-corrected chi connectivity index (χ2v) is 8.35. The minimum atomic E-state index is -0.291. The summed E-state index contributed by atoms with van der Waals surface area (Å²) in [6.45, 7) is 0. The van der Waals surface area contributed by atoms with Crippen LogP contribution in [-0.2, 0) is 0 Å². The fourth-order valence-corrected chi connectivity index (χ4v) is 5.54. The number of anilines is 1. The summed E-state index contributed by atoms with van der Waals surface area (Å²) in [5.41, 5.74) is 5.03. The fourth-order valence-electron chi connectivity index (χ4n) is 4.23. The Morgan fingerprint density at radius 2 is 1.52 bits per heavy atom. The molecule has 0 saturated carbocycles. The van der Waals surface area contributed by atoms with Crippen molar-refractivity contribution in [2.75, 3.05) is 26.6 Å². The number of benzene rings is 3. The van der Waals surface area contributed by atoms with Crippen LogP contribution in [0.1, 0.15) is 26.7 Å². The molecule has 0 amide bonds. The lowest BCUT2D eigenvalue weighted by atomic mass is 9.99. The number of hydrogen-bond acceptors (Lipinski definition) is 6. The van der Waals surface area contributed by atoms with Crippen molar-refractivity contribution in [3.8, 4) is 17.2 Å². The molecule has 1 N–H and O–H groups in total. The SMILES string of the molecule is COc1ccc([C@@H]2Sc3ccccc3NC3=C2C(=O)c2ccccc23)c(OC)c1OC. The zero-order valence-corrected chi connectivity index (χ0v) is 18.2. The molecule has 0 aromatic heterocycles. The summed E-state index contributed by atoms with van der Waals surface area (Å²) in [5, 5.41) is 3.25. The van der Waals surface area contributed by atoms with Crippen molar-refractivity contribution in [2.45, 2.75) is 10.1 Å². The first-order valence-corrected chi connectivity index (χ1v) is 10.8. The molecular weight excluding hydrogens is 410 g/mol. The standard InChI is InChI=1S/C25H21NO4S/c1-28-18-13-12-16(23(29-2)24(18)30-3)25-20-21(14-8-4-5-9-15(14)22(20)27)26-17-10-6-7-11-19(17)31-25/h4-13,25-26H,1-3H3/t25-/m0/s1. The third kappa shape index (κ3) is 2.98. The first-order chi connectivity index (χ1) is 15.2. The third-order valence-electron chi connectivity index (χ3n) is 5.63. The normalized spacial score (nSPS) is 16.6. The van der Waals surface area contributed by atoms with E-state index < -0.39 is 0 Å². The number of fused-ring (bicyclic) bond motifs is 3. The van der Waals surface area contributed by atoms with Crippen molar-refractivity contribution in [1.29, 1.82) is 0 Å². The van der Waals surface area contributed by atoms with Gasteiger partial charge in [-0.2, -0.15) is 0 Å². The molecule has 1 aliphatic heterocycles. The van der Waals surface area contributed by atoms with Crippen LogP contribution in [0.15, 0.2) is 71.1 Å². The summed E-state index contributed by atoms with van der Waals surface area (Å²) in [5.74, 6) is 1.68. The summed E-state index contributed by atoms with van der Waals surface area (Å²) in [7, 11) is 4.78. The van der Waals surface area contributed by atoms with Crippen LogP contribution >= 0.6 is 11.8 Å². The van der Waals surface area contributed by atoms with E-state index in [4.69, 9.17) is 14.2 Å². The minimum Gasteiger partial charge on any atom is -0.493 e. The van der Waals surface area contributed by atoms with E-state index in [-0.39, 0.29) is 11.0 Å². The van der Waals surface area contributed by atoms with Crippen LogP contribution in [0, 0.1) is 0 Å². The molecule has 2 aliphatic rings. The number of Topliss-reactive ketones (excluding diaryl/α,β-unsaturated/α-hetero) is 1. The molecule has 0 unspecified atom stereocenters. The number of ketones is 1. The van der Waals surface area contributed by atoms with Gasteiger partial charge in [-0.1, -0.05) is 36.4 Å². The van der Waals surface area contributed by atoms with Crippen molar-refractivity contribution in [1.82, 2.24) is 0 Å². The number of hydrogen-bond donors (Lipinski definition) is 1. The van der Waals surface area contributed by atoms with Gasteiger partial charge in [0.05, 0.1) is 38.0 Å². The predicted octanol–water partition coefficient (Wildman–Crippen LogP) is 5.58. The monoisotopic (exact) mass is 431 g/mol. The van der Waals surface area contributed by atoms with Crippen molar-refractivity contribution >= 4 is 28.9 Å². The molecule has 5 nitrogen and oxygen atoms in total. The summed E-state index contributed by atoms with van der Waals surface area (Å²) in [4.78, 5) is 14.6. The highest BCUT2D eigenvalue weighted by atomic mass is 32.2. The zero-order valence-electron chi connectivity index (χ0n) is 17.4. The largest absolute Gasteiger partial charge is 0.493 e. The Kier molecular flexibility index (Phi) is 4.87. The van der Waals surface area contributed by atoms with Gasteiger partial charge in [0.1, 0.15) is 0 Å². The average Bonchev–Trinajstić information content (AvgIpc) is 2.97. The Labute approximate surface area is 185 Å². The van der Waals surface area contributed by atoms with Gasteiger partial charge in [0.15, 0.2) is 17.3 Å². The van der Waals surface area contributed by atoms with E-state index >= 15 is 0 Å². The third-order valence-corrected chi connectivity index (χ3v) is 6.96. The van der Waals surface area contributed by atoms with Crippen molar-refractivity contribution < 1.29 is 19.0 Å². The molecule has 0 saturated heterocycles. The Morgan fingerprint density at radius 1 is 0.806 bits per heavy atom. The summed E-state index contributed by atoms with van der Waals surface area (Å²) in [6, 6.07) is 19.6. The van der Waals surface area contributed by atoms with Crippen LogP contribution in [0.2, 0.25) is 0 Å². The van der Waals surface area contributed by atoms with Gasteiger partial charge in [-0.15, -0.1) is 11.8 Å². The minimum absolute atomic E-state index is 0.0280. The van der Waals surface area contributed by atoms with Gasteiger partial charge in [-0.3, -0.25) is 4.79 Å². The van der Waals surface area contributed by atoms with Crippen LogP contribution < -0.4 is 19.5 Å². The van der Waals surface area contributed by atoms with Gasteiger partial charge in [0, 0.05) is 27.2 Å². The second-order valence-electron chi connectivity index (χ2n) is 7.21. The molecular formula is C25H21NO4S. The Morgan fingerprint density at radius 3 is 2.26 bits per heavy atom. The van der Waals surface area contributed by atoms with Gasteiger partial charge in [-0.05, 0) is 24.3 Å². The summed E-state index contributed by atoms with van der Waals surface area (Å²) in [6.07, 6.45) is 0. The van der Waals surface area contributed by atoms with Crippen LogP contribution in [0.4, 0.5) is 5.69 Å². The molecule has 156 valence electrons. The maximum absolute atomic E-state index is 13.6. The van der Waals surface area contributed by atoms with E-state index in [9.17, 15) is 4.79 Å². The molecule has 6 heteroatoms. The molecule has 0 fully saturated rings. The molecule has 0 radical (unpaired) electrons. The highest BCUT2D eigenvalue weighted by Gasteiger charge is 2.39. The van der Waals surface area contributed by atoms with E-state index in [1.165, 1.54) is 0 Å². The highest BCUT2D eigenvalue weighted by molar-refractivity contribution is 8.00. The first kappa shape index (κ1) is 19.6. The number of carbonyl (C=O) groups excluding carboxylic acids is 1. The van der Waals surface area contributed by atoms with Gasteiger partial charge < -0.3 is 19.5 Å². The quantitative estimate of drug-likeness (QED) is 0.582. The van der Waals surface area contributed by atoms with E-state index in [2.05, 4.69) is 11.4 Å². The molecule has 1 atom stereocenters. The van der Waals surface area contributed by atoms with E-state index in [1.807, 2.05) is 54.6 Å². The Bertz CT molecular complexity index is 1230. The van der Waals surface area contributed by atoms with Crippen LogP contribution in [-0.4, -0.2) is 27.1 Å². The lowest BCUT2D eigenvalue weighted by molar-refractivity contribution is 0.103. The molecule has 31 heavy (non-hydrogen) atoms. The maximum Gasteiger partial charge on any atom is 0.203 e. The highest BCUT2D eigenvalue weighted by Crippen LogP contribution is 2.56. The second kappa shape index (κ2) is 7.71. The number of carbonyl (C=O) groups is 1. The molecule has 0 spiro atoms. The topological polar surface area (TPSA) is 56.8 Å². The van der Waals surface area contributed by atoms with E-state index in [0.717, 1.165) is 27.4 Å². The fraction of sp³-hybridized carbons (Fsp3) is 0.160. The average molecular weight is 432 g/mol. The summed E-state index contributed by atoms with van der Waals surface area (Å²) < 4.78 is 16.9. The maximum atomic E-state index is 13.6. The van der Waals surface area contributed by atoms with Gasteiger partial charge in [0.25, 0.3) is 0 Å². The van der Waals surface area contributed by atoms with Crippen LogP contribution in [0.3, 0.4) is 0 Å². The van der Waals surface area contributed by atoms with Crippen LogP contribution in [0.5, 0.6) is 17.2 Å². The van der Waals surface area contributed by atoms with Crippen molar-refractivity contribution in [2.24, 2.45) is 0 Å².